The maximum absolute atomic E-state index is 6.16. The average Bonchev–Trinajstić information content (AvgIpc) is 2.55. The average molecular weight is 297 g/mol. The van der Waals surface area contributed by atoms with Crippen molar-refractivity contribution in [3.8, 4) is 0 Å². The molecule has 2 heteroatoms. The molecule has 0 unspecified atom stereocenters. The molecule has 1 aliphatic carbocycles. The molecule has 0 spiro atoms. The van der Waals surface area contributed by atoms with Gasteiger partial charge in [-0.1, -0.05) is 54.1 Å². The highest BCUT2D eigenvalue weighted by Crippen LogP contribution is 2.39. The molecule has 1 aliphatic rings. The summed E-state index contributed by atoms with van der Waals surface area (Å²) in [5.74, 6) is 0.947. The van der Waals surface area contributed by atoms with Gasteiger partial charge in [-0.15, -0.1) is 0 Å². The standard InChI is InChI=1S/C19H17ClO/c1-21-18-12-6-11-17(15-9-5-10-16(20)13-15)19(18)14-7-3-2-4-8-14/h2-5,7-10,12-13H,6,11H2,1H3. The van der Waals surface area contributed by atoms with Crippen molar-refractivity contribution in [3.05, 3.63) is 82.6 Å². The Hall–Kier alpha value is -1.99. The molecule has 3 rings (SSSR count). The van der Waals surface area contributed by atoms with Gasteiger partial charge >= 0.3 is 0 Å². The highest BCUT2D eigenvalue weighted by Gasteiger charge is 2.19. The lowest BCUT2D eigenvalue weighted by Gasteiger charge is -2.22. The molecule has 2 aromatic carbocycles. The second-order valence-electron chi connectivity index (χ2n) is 5.04. The van der Waals surface area contributed by atoms with Gasteiger partial charge in [0.05, 0.1) is 7.11 Å². The minimum Gasteiger partial charge on any atom is -0.496 e. The zero-order valence-corrected chi connectivity index (χ0v) is 12.7. The zero-order chi connectivity index (χ0) is 14.7. The van der Waals surface area contributed by atoms with E-state index in [2.05, 4.69) is 36.4 Å². The van der Waals surface area contributed by atoms with Gasteiger partial charge in [0.25, 0.3) is 0 Å². The number of benzene rings is 2. The summed E-state index contributed by atoms with van der Waals surface area (Å²) in [6, 6.07) is 18.4. The largest absolute Gasteiger partial charge is 0.496 e. The molecule has 0 radical (unpaired) electrons. The van der Waals surface area contributed by atoms with E-state index >= 15 is 0 Å². The van der Waals surface area contributed by atoms with E-state index in [1.807, 2.05) is 24.3 Å². The normalized spacial score (nSPS) is 14.9. The Morgan fingerprint density at radius 1 is 0.952 bits per heavy atom. The van der Waals surface area contributed by atoms with E-state index in [4.69, 9.17) is 16.3 Å². The Labute approximate surface area is 130 Å². The maximum atomic E-state index is 6.16. The van der Waals surface area contributed by atoms with Crippen LogP contribution in [0.3, 0.4) is 0 Å². The minimum absolute atomic E-state index is 0.765. The summed E-state index contributed by atoms with van der Waals surface area (Å²) in [6.07, 6.45) is 4.15. The maximum Gasteiger partial charge on any atom is 0.123 e. The summed E-state index contributed by atoms with van der Waals surface area (Å²) in [5, 5.41) is 0.765. The van der Waals surface area contributed by atoms with Crippen LogP contribution in [0.1, 0.15) is 24.0 Å². The van der Waals surface area contributed by atoms with Crippen molar-refractivity contribution in [1.82, 2.24) is 0 Å². The van der Waals surface area contributed by atoms with Gasteiger partial charge in [-0.2, -0.15) is 0 Å². The monoisotopic (exact) mass is 296 g/mol. The van der Waals surface area contributed by atoms with Crippen LogP contribution in [0.25, 0.3) is 11.1 Å². The SMILES string of the molecule is COC1=CCCC(c2cccc(Cl)c2)=C1c1ccccc1. The van der Waals surface area contributed by atoms with Crippen molar-refractivity contribution in [2.24, 2.45) is 0 Å². The predicted octanol–water partition coefficient (Wildman–Crippen LogP) is 5.57. The van der Waals surface area contributed by atoms with Gasteiger partial charge in [-0.3, -0.25) is 0 Å². The van der Waals surface area contributed by atoms with Crippen LogP contribution in [-0.4, -0.2) is 7.11 Å². The first-order valence-electron chi connectivity index (χ1n) is 7.08. The molecule has 0 amide bonds. The first kappa shape index (κ1) is 14.0. The fourth-order valence-electron chi connectivity index (χ4n) is 2.79. The summed E-state index contributed by atoms with van der Waals surface area (Å²) in [6.45, 7) is 0. The molecule has 106 valence electrons. The topological polar surface area (TPSA) is 9.23 Å². The Balaban J connectivity index is 2.20. The van der Waals surface area contributed by atoms with Crippen LogP contribution in [0.15, 0.2) is 66.4 Å². The number of methoxy groups -OCH3 is 1. The van der Waals surface area contributed by atoms with Crippen molar-refractivity contribution < 1.29 is 4.74 Å². The van der Waals surface area contributed by atoms with Crippen LogP contribution >= 0.6 is 11.6 Å². The number of hydrogen-bond donors (Lipinski definition) is 0. The van der Waals surface area contributed by atoms with E-state index in [0.29, 0.717) is 0 Å². The second-order valence-corrected chi connectivity index (χ2v) is 5.48. The summed E-state index contributed by atoms with van der Waals surface area (Å²) < 4.78 is 5.61. The number of allylic oxidation sites excluding steroid dienone is 3. The third kappa shape index (κ3) is 2.88. The fourth-order valence-corrected chi connectivity index (χ4v) is 2.99. The number of hydrogen-bond acceptors (Lipinski definition) is 1. The highest BCUT2D eigenvalue weighted by molar-refractivity contribution is 6.30. The van der Waals surface area contributed by atoms with Crippen LogP contribution < -0.4 is 0 Å². The van der Waals surface area contributed by atoms with Gasteiger partial charge in [0.2, 0.25) is 0 Å². The van der Waals surface area contributed by atoms with Gasteiger partial charge in [0.15, 0.2) is 0 Å². The predicted molar refractivity (Wildman–Crippen MR) is 89.0 cm³/mol. The number of rotatable bonds is 3. The van der Waals surface area contributed by atoms with Crippen LogP contribution in [0.2, 0.25) is 5.02 Å². The van der Waals surface area contributed by atoms with Crippen molar-refractivity contribution in [2.75, 3.05) is 7.11 Å². The molecule has 0 heterocycles. The van der Waals surface area contributed by atoms with Crippen molar-refractivity contribution in [2.45, 2.75) is 12.8 Å². The molecular formula is C19H17ClO. The first-order valence-corrected chi connectivity index (χ1v) is 7.46. The number of halogens is 1. The summed E-state index contributed by atoms with van der Waals surface area (Å²) in [5.41, 5.74) is 4.82. The molecule has 1 nitrogen and oxygen atoms in total. The van der Waals surface area contributed by atoms with Gasteiger partial charge < -0.3 is 4.74 Å². The van der Waals surface area contributed by atoms with Crippen LogP contribution in [0, 0.1) is 0 Å². The molecule has 0 atom stereocenters. The molecule has 0 aromatic heterocycles. The zero-order valence-electron chi connectivity index (χ0n) is 12.0. The molecule has 0 saturated heterocycles. The lowest BCUT2D eigenvalue weighted by Crippen LogP contribution is -2.02. The highest BCUT2D eigenvalue weighted by atomic mass is 35.5. The molecule has 21 heavy (non-hydrogen) atoms. The van der Waals surface area contributed by atoms with E-state index in [1.165, 1.54) is 22.3 Å². The Morgan fingerprint density at radius 2 is 1.71 bits per heavy atom. The van der Waals surface area contributed by atoms with Gasteiger partial charge in [0.1, 0.15) is 5.76 Å². The third-order valence-corrected chi connectivity index (χ3v) is 3.96. The first-order chi connectivity index (χ1) is 10.3. The van der Waals surface area contributed by atoms with Crippen LogP contribution in [0.5, 0.6) is 0 Å². The second kappa shape index (κ2) is 6.19. The Bertz CT molecular complexity index is 699. The molecule has 0 aliphatic heterocycles. The summed E-state index contributed by atoms with van der Waals surface area (Å²) in [7, 11) is 1.73. The molecule has 0 saturated carbocycles. The summed E-state index contributed by atoms with van der Waals surface area (Å²) in [4.78, 5) is 0. The smallest absolute Gasteiger partial charge is 0.123 e. The van der Waals surface area contributed by atoms with Crippen LogP contribution in [0.4, 0.5) is 0 Å². The van der Waals surface area contributed by atoms with Gasteiger partial charge in [-0.05, 0) is 47.8 Å². The lowest BCUT2D eigenvalue weighted by molar-refractivity contribution is 0.308. The van der Waals surface area contributed by atoms with E-state index in [9.17, 15) is 0 Å². The molecule has 0 N–H and O–H groups in total. The number of ether oxygens (including phenoxy) is 1. The van der Waals surface area contributed by atoms with E-state index < -0.39 is 0 Å². The minimum atomic E-state index is 0.765. The summed E-state index contributed by atoms with van der Waals surface area (Å²) >= 11 is 6.16. The van der Waals surface area contributed by atoms with Crippen LogP contribution in [-0.2, 0) is 4.74 Å². The molecular weight excluding hydrogens is 280 g/mol. The Morgan fingerprint density at radius 3 is 2.43 bits per heavy atom. The molecule has 2 aromatic rings. The molecule has 0 bridgehead atoms. The molecule has 0 fully saturated rings. The van der Waals surface area contributed by atoms with Crippen molar-refractivity contribution >= 4 is 22.7 Å². The lowest BCUT2D eigenvalue weighted by atomic mass is 9.87. The van der Waals surface area contributed by atoms with E-state index in [0.717, 1.165) is 23.6 Å². The Kier molecular flexibility index (Phi) is 4.12. The van der Waals surface area contributed by atoms with Crippen molar-refractivity contribution in [1.29, 1.82) is 0 Å². The quantitative estimate of drug-likeness (QED) is 0.719. The van der Waals surface area contributed by atoms with Gasteiger partial charge in [-0.25, -0.2) is 0 Å². The van der Waals surface area contributed by atoms with Crippen molar-refractivity contribution in [3.63, 3.8) is 0 Å². The third-order valence-electron chi connectivity index (χ3n) is 3.73. The van der Waals surface area contributed by atoms with Gasteiger partial charge in [0, 0.05) is 10.6 Å². The van der Waals surface area contributed by atoms with E-state index in [-0.39, 0.29) is 0 Å². The van der Waals surface area contributed by atoms with E-state index in [1.54, 1.807) is 7.11 Å². The fraction of sp³-hybridized carbons (Fsp3) is 0.158.